The number of nitrogens with one attached hydrogen (secondary N) is 3. The monoisotopic (exact) mass is 509 g/mol. The number of ketones is 1. The number of Topliss-reactive ketones (excluding diaryl/α,β-unsaturated/α-hetero) is 1. The zero-order valence-electron chi connectivity index (χ0n) is 17.9. The van der Waals surface area contributed by atoms with Gasteiger partial charge < -0.3 is 20.6 Å². The van der Waals surface area contributed by atoms with Gasteiger partial charge in [-0.1, -0.05) is 29.3 Å². The number of aliphatic carboxylic acids is 1. The van der Waals surface area contributed by atoms with Gasteiger partial charge in [-0.05, 0) is 31.9 Å². The Hall–Kier alpha value is -3.44. The molecule has 0 bridgehead atoms. The van der Waals surface area contributed by atoms with E-state index in [-0.39, 0.29) is 39.2 Å². The maximum atomic E-state index is 12.7. The van der Waals surface area contributed by atoms with Gasteiger partial charge in [0.2, 0.25) is 0 Å². The van der Waals surface area contributed by atoms with Crippen LogP contribution in [0.2, 0.25) is 10.0 Å². The van der Waals surface area contributed by atoms with Crippen molar-refractivity contribution < 1.29 is 24.3 Å². The van der Waals surface area contributed by atoms with Crippen molar-refractivity contribution in [3.8, 4) is 0 Å². The average Bonchev–Trinajstić information content (AvgIpc) is 3.25. The molecular weight excluding hydrogens is 489 g/mol. The summed E-state index contributed by atoms with van der Waals surface area (Å²) < 4.78 is 0. The Labute approximate surface area is 203 Å². The summed E-state index contributed by atoms with van der Waals surface area (Å²) in [7, 11) is 0. The molecule has 0 aliphatic carbocycles. The topological polar surface area (TPSA) is 162 Å². The number of carbonyl (C=O) groups is 4. The Morgan fingerprint density at radius 2 is 1.94 bits per heavy atom. The molecule has 2 heterocycles. The molecule has 0 spiro atoms. The highest BCUT2D eigenvalue weighted by atomic mass is 35.5. The molecule has 0 saturated carbocycles. The second-order valence-corrected chi connectivity index (χ2v) is 8.46. The van der Waals surface area contributed by atoms with Gasteiger partial charge in [0.05, 0.1) is 21.7 Å². The van der Waals surface area contributed by atoms with Crippen LogP contribution in [0.15, 0.2) is 29.2 Å². The summed E-state index contributed by atoms with van der Waals surface area (Å²) in [5.74, 6) is -2.41. The molecule has 2 unspecified atom stereocenters. The summed E-state index contributed by atoms with van der Waals surface area (Å²) >= 11 is 12.1. The van der Waals surface area contributed by atoms with E-state index in [1.165, 1.54) is 24.0 Å². The summed E-state index contributed by atoms with van der Waals surface area (Å²) in [4.78, 5) is 68.1. The normalized spacial score (nSPS) is 16.1. The molecule has 3 rings (SSSR count). The van der Waals surface area contributed by atoms with Gasteiger partial charge in [-0.3, -0.25) is 14.6 Å². The summed E-state index contributed by atoms with van der Waals surface area (Å²) in [5.41, 5.74) is -0.697. The minimum atomic E-state index is -1.44. The molecule has 1 aliphatic rings. The minimum Gasteiger partial charge on any atom is -0.480 e. The number of H-pyrrole nitrogens is 1. The molecular formula is C21H21Cl2N5O6. The zero-order valence-corrected chi connectivity index (χ0v) is 19.4. The third-order valence-electron chi connectivity index (χ3n) is 5.32. The van der Waals surface area contributed by atoms with Crippen LogP contribution in [0.3, 0.4) is 0 Å². The van der Waals surface area contributed by atoms with Crippen molar-refractivity contribution in [2.24, 2.45) is 0 Å². The standard InChI is InChI=1S/C21H21Cl2N5O6/c1-10(29)15-6-3-7-28(15)21(34)25-14(19(31)32)8-11-9-24-20(33)27-17(11)26-18(30)16-12(22)4-2-5-13(16)23/h2,4-5,9,14-15H,3,6-8H2,1H3,(H,25,34)(H,31,32)(H2,24,26,27,30,33). The lowest BCUT2D eigenvalue weighted by molar-refractivity contribution is -0.139. The highest BCUT2D eigenvalue weighted by Gasteiger charge is 2.34. The van der Waals surface area contributed by atoms with Gasteiger partial charge in [0.25, 0.3) is 5.91 Å². The molecule has 3 amide bonds. The van der Waals surface area contributed by atoms with Crippen LogP contribution in [0, 0.1) is 0 Å². The van der Waals surface area contributed by atoms with Crippen LogP contribution in [-0.4, -0.2) is 62.3 Å². The molecule has 4 N–H and O–H groups in total. The molecule has 1 aliphatic heterocycles. The van der Waals surface area contributed by atoms with Crippen LogP contribution >= 0.6 is 23.2 Å². The van der Waals surface area contributed by atoms with E-state index in [0.29, 0.717) is 19.4 Å². The average molecular weight is 510 g/mol. The fraction of sp³-hybridized carbons (Fsp3) is 0.333. The number of amides is 3. The second-order valence-electron chi connectivity index (χ2n) is 7.65. The number of halogens is 2. The van der Waals surface area contributed by atoms with Crippen LogP contribution in [0.5, 0.6) is 0 Å². The number of urea groups is 1. The van der Waals surface area contributed by atoms with E-state index in [4.69, 9.17) is 23.2 Å². The molecule has 180 valence electrons. The summed E-state index contributed by atoms with van der Waals surface area (Å²) in [6.07, 6.45) is 1.90. The fourth-order valence-corrected chi connectivity index (χ4v) is 4.23. The molecule has 2 atom stereocenters. The van der Waals surface area contributed by atoms with Crippen molar-refractivity contribution in [2.45, 2.75) is 38.3 Å². The SMILES string of the molecule is CC(=O)C1CCCN1C(=O)NC(Cc1cnc(=O)[nH]c1NC(=O)c1c(Cl)cccc1Cl)C(=O)O. The molecule has 13 heteroatoms. The van der Waals surface area contributed by atoms with Crippen molar-refractivity contribution in [3.05, 3.63) is 56.1 Å². The molecule has 1 fully saturated rings. The summed E-state index contributed by atoms with van der Waals surface area (Å²) in [5, 5.41) is 14.7. The molecule has 1 saturated heterocycles. The number of aromatic nitrogens is 2. The van der Waals surface area contributed by atoms with Crippen molar-refractivity contribution in [3.63, 3.8) is 0 Å². The number of carboxylic acids is 1. The van der Waals surface area contributed by atoms with Crippen LogP contribution in [0.4, 0.5) is 10.6 Å². The van der Waals surface area contributed by atoms with E-state index >= 15 is 0 Å². The van der Waals surface area contributed by atoms with Gasteiger partial charge in [-0.2, -0.15) is 0 Å². The van der Waals surface area contributed by atoms with E-state index in [1.54, 1.807) is 6.07 Å². The molecule has 1 aromatic carbocycles. The third-order valence-corrected chi connectivity index (χ3v) is 5.95. The number of hydrogen-bond donors (Lipinski definition) is 4. The first kappa shape index (κ1) is 25.2. The van der Waals surface area contributed by atoms with E-state index in [9.17, 15) is 29.1 Å². The second kappa shape index (κ2) is 10.7. The molecule has 0 radical (unpaired) electrons. The lowest BCUT2D eigenvalue weighted by Gasteiger charge is -2.25. The maximum absolute atomic E-state index is 12.7. The lowest BCUT2D eigenvalue weighted by Crippen LogP contribution is -2.51. The Morgan fingerprint density at radius 1 is 1.26 bits per heavy atom. The van der Waals surface area contributed by atoms with Crippen LogP contribution in [0.25, 0.3) is 0 Å². The third kappa shape index (κ3) is 5.72. The van der Waals surface area contributed by atoms with E-state index in [0.717, 1.165) is 6.20 Å². The highest BCUT2D eigenvalue weighted by molar-refractivity contribution is 6.40. The first-order chi connectivity index (χ1) is 16.1. The Kier molecular flexibility index (Phi) is 7.90. The summed E-state index contributed by atoms with van der Waals surface area (Å²) in [6.45, 7) is 1.69. The van der Waals surface area contributed by atoms with Gasteiger partial charge in [0, 0.05) is 24.7 Å². The Bertz CT molecular complexity index is 1180. The molecule has 2 aromatic rings. The van der Waals surface area contributed by atoms with Crippen LogP contribution in [-0.2, 0) is 16.0 Å². The van der Waals surface area contributed by atoms with Crippen LogP contribution < -0.4 is 16.3 Å². The van der Waals surface area contributed by atoms with Gasteiger partial charge in [0.15, 0.2) is 5.78 Å². The first-order valence-electron chi connectivity index (χ1n) is 10.2. The number of aromatic amines is 1. The molecule has 1 aromatic heterocycles. The predicted octanol–water partition coefficient (Wildman–Crippen LogP) is 2.09. The number of nitrogens with zero attached hydrogens (tertiary/aromatic N) is 2. The number of carbonyl (C=O) groups excluding carboxylic acids is 3. The Balaban J connectivity index is 1.82. The maximum Gasteiger partial charge on any atom is 0.346 e. The van der Waals surface area contributed by atoms with E-state index < -0.39 is 35.7 Å². The number of hydrogen-bond acceptors (Lipinski definition) is 6. The van der Waals surface area contributed by atoms with E-state index in [2.05, 4.69) is 20.6 Å². The number of anilines is 1. The molecule has 11 nitrogen and oxygen atoms in total. The predicted molar refractivity (Wildman–Crippen MR) is 123 cm³/mol. The van der Waals surface area contributed by atoms with Gasteiger partial charge in [-0.25, -0.2) is 19.4 Å². The van der Waals surface area contributed by atoms with Gasteiger partial charge in [-0.15, -0.1) is 0 Å². The summed E-state index contributed by atoms with van der Waals surface area (Å²) in [6, 6.07) is 1.73. The number of carboxylic acid groups (broad SMARTS) is 1. The van der Waals surface area contributed by atoms with Crippen molar-refractivity contribution in [1.82, 2.24) is 20.2 Å². The van der Waals surface area contributed by atoms with Crippen molar-refractivity contribution in [1.29, 1.82) is 0 Å². The van der Waals surface area contributed by atoms with Crippen molar-refractivity contribution >= 4 is 52.7 Å². The largest absolute Gasteiger partial charge is 0.480 e. The smallest absolute Gasteiger partial charge is 0.346 e. The minimum absolute atomic E-state index is 0.0400. The quantitative estimate of drug-likeness (QED) is 0.443. The highest BCUT2D eigenvalue weighted by Crippen LogP contribution is 2.25. The number of benzene rings is 1. The lowest BCUT2D eigenvalue weighted by atomic mass is 10.1. The van der Waals surface area contributed by atoms with Crippen LogP contribution in [0.1, 0.15) is 35.7 Å². The fourth-order valence-electron chi connectivity index (χ4n) is 3.66. The molecule has 34 heavy (non-hydrogen) atoms. The van der Waals surface area contributed by atoms with Gasteiger partial charge >= 0.3 is 17.7 Å². The van der Waals surface area contributed by atoms with Crippen molar-refractivity contribution in [2.75, 3.05) is 11.9 Å². The number of rotatable bonds is 7. The van der Waals surface area contributed by atoms with Gasteiger partial charge in [0.1, 0.15) is 11.9 Å². The zero-order chi connectivity index (χ0) is 25.0. The van der Waals surface area contributed by atoms with E-state index in [1.807, 2.05) is 0 Å². The Morgan fingerprint density at radius 3 is 2.56 bits per heavy atom. The number of likely N-dealkylation sites (tertiary alicyclic amines) is 1. The first-order valence-corrected chi connectivity index (χ1v) is 11.0.